The molecule has 0 aromatic heterocycles. The molecule has 2 atom stereocenters. The molecule has 6 nitrogen and oxygen atoms in total. The Balaban J connectivity index is 1.63. The number of hydrazone groups is 1. The number of rotatable bonds is 3. The Morgan fingerprint density at radius 3 is 3.18 bits per heavy atom. The van der Waals surface area contributed by atoms with Gasteiger partial charge in [0.2, 0.25) is 0 Å². The zero-order valence-corrected chi connectivity index (χ0v) is 11.9. The van der Waals surface area contributed by atoms with E-state index in [0.29, 0.717) is 18.5 Å². The molecule has 0 saturated carbocycles. The third-order valence-corrected chi connectivity index (χ3v) is 4.70. The zero-order chi connectivity index (χ0) is 15.4. The van der Waals surface area contributed by atoms with E-state index in [9.17, 15) is 9.18 Å². The van der Waals surface area contributed by atoms with Gasteiger partial charge in [0.05, 0.1) is 17.8 Å². The normalized spacial score (nSPS) is 32.3. The van der Waals surface area contributed by atoms with Crippen LogP contribution < -0.4 is 10.7 Å². The molecule has 0 bridgehead atoms. The highest BCUT2D eigenvalue weighted by Gasteiger charge is 2.74. The summed E-state index contributed by atoms with van der Waals surface area (Å²) in [4.78, 5) is 11.0. The van der Waals surface area contributed by atoms with Crippen molar-refractivity contribution in [1.82, 2.24) is 10.7 Å². The monoisotopic (exact) mass is 305 g/mol. The average Bonchev–Trinajstić information content (AvgIpc) is 3.20. The van der Waals surface area contributed by atoms with Crippen LogP contribution in [0.15, 0.2) is 23.3 Å². The Kier molecular flexibility index (Phi) is 2.79. The van der Waals surface area contributed by atoms with Crippen LogP contribution in [0.1, 0.15) is 28.8 Å². The summed E-state index contributed by atoms with van der Waals surface area (Å²) in [5.74, 6) is -2.00. The number of carboxylic acids is 1. The van der Waals surface area contributed by atoms with Crippen LogP contribution in [0.3, 0.4) is 0 Å². The minimum Gasteiger partial charge on any atom is -0.478 e. The first-order chi connectivity index (χ1) is 10.6. The molecular weight excluding hydrogens is 289 g/mol. The number of nitrogens with zero attached hydrogens (tertiary/aromatic N) is 1. The van der Waals surface area contributed by atoms with E-state index in [4.69, 9.17) is 9.84 Å². The first kappa shape index (κ1) is 13.7. The summed E-state index contributed by atoms with van der Waals surface area (Å²) in [6.45, 7) is 1.54. The van der Waals surface area contributed by atoms with Gasteiger partial charge in [0.1, 0.15) is 11.4 Å². The lowest BCUT2D eigenvalue weighted by Gasteiger charge is -2.30. The van der Waals surface area contributed by atoms with Gasteiger partial charge >= 0.3 is 5.97 Å². The number of benzene rings is 1. The highest BCUT2D eigenvalue weighted by molar-refractivity contribution is 5.99. The second kappa shape index (κ2) is 4.50. The summed E-state index contributed by atoms with van der Waals surface area (Å²) in [5, 5.41) is 16.8. The molecule has 22 heavy (non-hydrogen) atoms. The van der Waals surface area contributed by atoms with Crippen LogP contribution in [0.25, 0.3) is 0 Å². The predicted octanol–water partition coefficient (Wildman–Crippen LogP) is 0.874. The van der Waals surface area contributed by atoms with Crippen molar-refractivity contribution in [2.45, 2.75) is 30.6 Å². The van der Waals surface area contributed by atoms with Gasteiger partial charge in [-0.15, -0.1) is 0 Å². The maximum Gasteiger partial charge on any atom is 0.338 e. The standard InChI is InChI=1S/C15H16FN3O3/c16-11-3-2-9(6-10(11)13(20)21)7-12-15-14(22-15,8-18-19-12)4-1-5-17-15/h2-3,6,17-18H,1,4-5,7-8H2,(H,20,21)/t14?,15-/m1/s1. The SMILES string of the molecule is O=C(O)c1cc(CC2=NNCC34CCCN[C@@]23O4)ccc1F. The number of hydrogen-bond donors (Lipinski definition) is 3. The second-order valence-corrected chi connectivity index (χ2v) is 6.00. The molecule has 1 aromatic carbocycles. The topological polar surface area (TPSA) is 86.2 Å². The molecule has 0 aliphatic carbocycles. The fraction of sp³-hybridized carbons (Fsp3) is 0.467. The van der Waals surface area contributed by atoms with E-state index in [2.05, 4.69) is 15.8 Å². The highest BCUT2D eigenvalue weighted by Crippen LogP contribution is 2.53. The minimum atomic E-state index is -1.27. The molecular formula is C15H16FN3O3. The van der Waals surface area contributed by atoms with Crippen molar-refractivity contribution >= 4 is 11.7 Å². The molecule has 2 fully saturated rings. The molecule has 1 unspecified atom stereocenters. The number of carboxylic acid groups (broad SMARTS) is 1. The molecule has 4 rings (SSSR count). The van der Waals surface area contributed by atoms with E-state index in [1.807, 2.05) is 0 Å². The van der Waals surface area contributed by atoms with Gasteiger partial charge in [0, 0.05) is 6.42 Å². The van der Waals surface area contributed by atoms with Crippen LogP contribution in [-0.4, -0.2) is 41.2 Å². The molecule has 0 spiro atoms. The Bertz CT molecular complexity index is 693. The Labute approximate surface area is 126 Å². The largest absolute Gasteiger partial charge is 0.478 e. The second-order valence-electron chi connectivity index (χ2n) is 6.00. The van der Waals surface area contributed by atoms with Crippen LogP contribution in [0.4, 0.5) is 4.39 Å². The quantitative estimate of drug-likeness (QED) is 0.722. The van der Waals surface area contributed by atoms with Crippen molar-refractivity contribution in [2.75, 3.05) is 13.1 Å². The number of ether oxygens (including phenoxy) is 1. The number of carbonyl (C=O) groups is 1. The summed E-state index contributed by atoms with van der Waals surface area (Å²) in [6.07, 6.45) is 2.44. The summed E-state index contributed by atoms with van der Waals surface area (Å²) in [7, 11) is 0. The van der Waals surface area contributed by atoms with E-state index in [1.165, 1.54) is 12.1 Å². The van der Waals surface area contributed by atoms with Crippen LogP contribution in [0.5, 0.6) is 0 Å². The van der Waals surface area contributed by atoms with Gasteiger partial charge in [0.15, 0.2) is 5.72 Å². The van der Waals surface area contributed by atoms with E-state index in [1.54, 1.807) is 6.07 Å². The van der Waals surface area contributed by atoms with Crippen LogP contribution >= 0.6 is 0 Å². The number of epoxide rings is 1. The molecule has 3 N–H and O–H groups in total. The van der Waals surface area contributed by atoms with Crippen LogP contribution in [0, 0.1) is 5.82 Å². The molecule has 7 heteroatoms. The molecule has 3 aliphatic heterocycles. The Morgan fingerprint density at radius 1 is 1.50 bits per heavy atom. The lowest BCUT2D eigenvalue weighted by Crippen LogP contribution is -2.57. The fourth-order valence-corrected chi connectivity index (χ4v) is 3.55. The lowest BCUT2D eigenvalue weighted by atomic mass is 9.85. The zero-order valence-electron chi connectivity index (χ0n) is 11.9. The maximum absolute atomic E-state index is 13.5. The van der Waals surface area contributed by atoms with E-state index in [0.717, 1.165) is 25.1 Å². The van der Waals surface area contributed by atoms with Gasteiger partial charge < -0.3 is 15.3 Å². The third-order valence-electron chi connectivity index (χ3n) is 4.70. The van der Waals surface area contributed by atoms with E-state index >= 15 is 0 Å². The average molecular weight is 305 g/mol. The molecule has 0 amide bonds. The lowest BCUT2D eigenvalue weighted by molar-refractivity contribution is 0.0691. The van der Waals surface area contributed by atoms with Gasteiger partial charge in [-0.3, -0.25) is 5.32 Å². The predicted molar refractivity (Wildman–Crippen MR) is 76.3 cm³/mol. The van der Waals surface area contributed by atoms with Crippen molar-refractivity contribution in [3.05, 3.63) is 35.1 Å². The summed E-state index contributed by atoms with van der Waals surface area (Å²) in [5.41, 5.74) is 3.41. The Hall–Kier alpha value is -1.99. The fourth-order valence-electron chi connectivity index (χ4n) is 3.55. The first-order valence-electron chi connectivity index (χ1n) is 7.33. The molecule has 0 radical (unpaired) electrons. The number of piperidine rings is 1. The summed E-state index contributed by atoms with van der Waals surface area (Å²) >= 11 is 0. The highest BCUT2D eigenvalue weighted by atomic mass is 19.1. The molecule has 116 valence electrons. The third kappa shape index (κ3) is 1.79. The van der Waals surface area contributed by atoms with Gasteiger partial charge in [-0.2, -0.15) is 5.10 Å². The van der Waals surface area contributed by atoms with Gasteiger partial charge in [-0.05, 0) is 37.1 Å². The smallest absolute Gasteiger partial charge is 0.338 e. The van der Waals surface area contributed by atoms with Gasteiger partial charge in [-0.25, -0.2) is 9.18 Å². The van der Waals surface area contributed by atoms with Crippen molar-refractivity contribution in [1.29, 1.82) is 0 Å². The van der Waals surface area contributed by atoms with Crippen molar-refractivity contribution in [3.8, 4) is 0 Å². The van der Waals surface area contributed by atoms with Gasteiger partial charge in [-0.1, -0.05) is 6.07 Å². The number of nitrogens with one attached hydrogen (secondary N) is 2. The number of aromatic carboxylic acids is 1. The number of halogens is 1. The molecule has 3 heterocycles. The molecule has 1 aromatic rings. The van der Waals surface area contributed by atoms with Crippen molar-refractivity contribution in [2.24, 2.45) is 5.10 Å². The van der Waals surface area contributed by atoms with E-state index in [-0.39, 0.29) is 11.2 Å². The molecule has 2 saturated heterocycles. The first-order valence-corrected chi connectivity index (χ1v) is 7.33. The number of hydrogen-bond acceptors (Lipinski definition) is 5. The maximum atomic E-state index is 13.5. The van der Waals surface area contributed by atoms with Gasteiger partial charge in [0.25, 0.3) is 0 Å². The summed E-state index contributed by atoms with van der Waals surface area (Å²) in [6, 6.07) is 4.13. The molecule has 3 aliphatic rings. The van der Waals surface area contributed by atoms with Crippen LogP contribution in [-0.2, 0) is 11.2 Å². The van der Waals surface area contributed by atoms with E-state index < -0.39 is 17.5 Å². The van der Waals surface area contributed by atoms with Crippen LogP contribution in [0.2, 0.25) is 0 Å². The van der Waals surface area contributed by atoms with Crippen molar-refractivity contribution in [3.63, 3.8) is 0 Å². The Morgan fingerprint density at radius 2 is 2.36 bits per heavy atom. The van der Waals surface area contributed by atoms with Crippen molar-refractivity contribution < 1.29 is 19.0 Å². The minimum absolute atomic E-state index is 0.238. The summed E-state index contributed by atoms with van der Waals surface area (Å²) < 4.78 is 19.5.